The van der Waals surface area contributed by atoms with E-state index in [1.54, 1.807) is 18.2 Å². The van der Waals surface area contributed by atoms with Crippen LogP contribution < -0.4 is 15.9 Å². The number of benzene rings is 4. The predicted molar refractivity (Wildman–Crippen MR) is 150 cm³/mol. The molecule has 1 heterocycles. The lowest BCUT2D eigenvalue weighted by atomic mass is 10.2. The SMILES string of the molecule is N#CC(C1=NC(=O)/C(=C/c2ccc(F)cc2)S1)=P(c1ccccc1)(c1ccccc1)c1ccccc1. The van der Waals surface area contributed by atoms with Gasteiger partial charge >= 0.3 is 0 Å². The molecule has 0 bridgehead atoms. The lowest BCUT2D eigenvalue weighted by Crippen LogP contribution is -2.32. The second-order valence-corrected chi connectivity index (χ2v) is 12.4. The van der Waals surface area contributed by atoms with Crippen LogP contribution in [0, 0.1) is 17.1 Å². The summed E-state index contributed by atoms with van der Waals surface area (Å²) in [6, 6.07) is 38.4. The third-order valence-corrected chi connectivity index (χ3v) is 11.2. The van der Waals surface area contributed by atoms with Crippen molar-refractivity contribution in [2.75, 3.05) is 0 Å². The van der Waals surface area contributed by atoms with Gasteiger partial charge in [0, 0.05) is 0 Å². The van der Waals surface area contributed by atoms with Crippen molar-refractivity contribution in [1.29, 1.82) is 5.26 Å². The molecule has 0 aliphatic carbocycles. The van der Waals surface area contributed by atoms with E-state index in [1.165, 1.54) is 23.9 Å². The molecular weight excluding hydrogens is 486 g/mol. The first-order valence-electron chi connectivity index (χ1n) is 11.2. The van der Waals surface area contributed by atoms with E-state index in [1.807, 2.05) is 91.0 Å². The highest BCUT2D eigenvalue weighted by molar-refractivity contribution is 8.22. The van der Waals surface area contributed by atoms with Crippen molar-refractivity contribution in [1.82, 2.24) is 0 Å². The molecule has 0 fully saturated rings. The Morgan fingerprint density at radius 3 is 1.69 bits per heavy atom. The first-order valence-corrected chi connectivity index (χ1v) is 13.9. The average molecular weight is 507 g/mol. The fraction of sp³-hybridized carbons (Fsp3) is 0. The van der Waals surface area contributed by atoms with Crippen molar-refractivity contribution in [2.24, 2.45) is 4.99 Å². The number of hydrogen-bond acceptors (Lipinski definition) is 3. The van der Waals surface area contributed by atoms with Gasteiger partial charge in [-0.05, 0) is 46.6 Å². The molecule has 0 N–H and O–H groups in total. The Bertz CT molecular complexity index is 1470. The molecule has 36 heavy (non-hydrogen) atoms. The lowest BCUT2D eigenvalue weighted by molar-refractivity contribution is -0.113. The van der Waals surface area contributed by atoms with E-state index in [-0.39, 0.29) is 5.82 Å². The molecule has 1 aliphatic heterocycles. The molecule has 3 nitrogen and oxygen atoms in total. The molecule has 4 aromatic carbocycles. The second-order valence-electron chi connectivity index (χ2n) is 8.02. The van der Waals surface area contributed by atoms with E-state index < -0.39 is 12.8 Å². The van der Waals surface area contributed by atoms with Gasteiger partial charge in [-0.2, -0.15) is 5.26 Å². The van der Waals surface area contributed by atoms with Gasteiger partial charge in [-0.25, -0.2) is 9.38 Å². The van der Waals surface area contributed by atoms with Gasteiger partial charge < -0.3 is 0 Å². The van der Waals surface area contributed by atoms with E-state index >= 15 is 0 Å². The van der Waals surface area contributed by atoms with Gasteiger partial charge in [0.05, 0.1) is 10.2 Å². The van der Waals surface area contributed by atoms with Gasteiger partial charge in [0.2, 0.25) is 0 Å². The zero-order valence-electron chi connectivity index (χ0n) is 19.1. The number of hydrogen-bond donors (Lipinski definition) is 0. The number of carbonyl (C=O) groups is 1. The van der Waals surface area contributed by atoms with Crippen LogP contribution in [0.5, 0.6) is 0 Å². The van der Waals surface area contributed by atoms with Crippen LogP contribution in [0.3, 0.4) is 0 Å². The van der Waals surface area contributed by atoms with E-state index in [0.717, 1.165) is 15.9 Å². The largest absolute Gasteiger partial charge is 0.284 e. The van der Waals surface area contributed by atoms with E-state index in [2.05, 4.69) is 11.1 Å². The number of nitriles is 1. The Labute approximate surface area is 213 Å². The maximum absolute atomic E-state index is 13.4. The Kier molecular flexibility index (Phi) is 6.82. The predicted octanol–water partition coefficient (Wildman–Crippen LogP) is 5.53. The van der Waals surface area contributed by atoms with Crippen LogP contribution in [0.15, 0.2) is 125 Å². The summed E-state index contributed by atoms with van der Waals surface area (Å²) in [6.07, 6.45) is 1.69. The molecule has 5 rings (SSSR count). The maximum atomic E-state index is 13.4. The summed E-state index contributed by atoms with van der Waals surface area (Å²) in [5.74, 6) is -0.748. The van der Waals surface area contributed by atoms with Crippen LogP contribution in [0.1, 0.15) is 5.56 Å². The third kappa shape index (κ3) is 4.38. The first-order chi connectivity index (χ1) is 17.6. The van der Waals surface area contributed by atoms with E-state index in [0.29, 0.717) is 20.8 Å². The number of thioether (sulfide) groups is 1. The molecule has 1 amide bonds. The van der Waals surface area contributed by atoms with Crippen LogP contribution >= 0.6 is 18.6 Å². The van der Waals surface area contributed by atoms with Gasteiger partial charge in [-0.1, -0.05) is 115 Å². The Morgan fingerprint density at radius 1 is 0.778 bits per heavy atom. The monoisotopic (exact) mass is 506 g/mol. The second kappa shape index (κ2) is 10.3. The quantitative estimate of drug-likeness (QED) is 0.264. The van der Waals surface area contributed by atoms with Crippen LogP contribution in [0.25, 0.3) is 6.08 Å². The topological polar surface area (TPSA) is 53.2 Å². The molecule has 0 aromatic heterocycles. The fourth-order valence-corrected chi connectivity index (χ4v) is 9.65. The molecule has 0 radical (unpaired) electrons. The van der Waals surface area contributed by atoms with Crippen molar-refractivity contribution in [3.8, 4) is 6.07 Å². The van der Waals surface area contributed by atoms with Crippen molar-refractivity contribution in [2.45, 2.75) is 0 Å². The van der Waals surface area contributed by atoms with Crippen LogP contribution in [0.4, 0.5) is 4.39 Å². The number of aliphatic imine (C=N–C) groups is 1. The number of rotatable bonds is 5. The number of amides is 1. The third-order valence-electron chi connectivity index (χ3n) is 5.86. The summed E-state index contributed by atoms with van der Waals surface area (Å²) < 4.78 is 13.4. The van der Waals surface area contributed by atoms with Crippen molar-refractivity contribution >= 4 is 56.9 Å². The summed E-state index contributed by atoms with van der Waals surface area (Å²) in [4.78, 5) is 17.7. The molecule has 174 valence electrons. The molecule has 0 saturated carbocycles. The van der Waals surface area contributed by atoms with E-state index in [4.69, 9.17) is 0 Å². The lowest BCUT2D eigenvalue weighted by Gasteiger charge is -2.30. The van der Waals surface area contributed by atoms with Crippen LogP contribution in [-0.4, -0.2) is 16.2 Å². The minimum Gasteiger partial charge on any atom is -0.266 e. The van der Waals surface area contributed by atoms with Crippen LogP contribution in [-0.2, 0) is 4.79 Å². The first kappa shape index (κ1) is 23.8. The Morgan fingerprint density at radius 2 is 1.25 bits per heavy atom. The highest BCUT2D eigenvalue weighted by Gasteiger charge is 2.35. The maximum Gasteiger partial charge on any atom is 0.284 e. The number of halogens is 1. The van der Waals surface area contributed by atoms with Crippen LogP contribution in [0.2, 0.25) is 0 Å². The summed E-state index contributed by atoms with van der Waals surface area (Å²) in [5.41, 5.74) is 0.692. The molecule has 1 aliphatic rings. The van der Waals surface area contributed by atoms with Gasteiger partial charge in [0.1, 0.15) is 16.9 Å². The number of nitrogens with zero attached hydrogens (tertiary/aromatic N) is 2. The molecule has 0 saturated heterocycles. The standard InChI is InChI=1S/C30H20FN2OPS/c31-23-18-16-22(17-19-23)20-28-29(34)33-30(36-28)27(21-32)35(24-10-4-1-5-11-24,25-12-6-2-7-13-25)26-14-8-3-9-15-26/h1-20H/b28-20-. The summed E-state index contributed by atoms with van der Waals surface area (Å²) >= 11 is 1.20. The van der Waals surface area contributed by atoms with Crippen molar-refractivity contribution in [3.63, 3.8) is 0 Å². The van der Waals surface area contributed by atoms with Gasteiger partial charge in [-0.15, -0.1) is 0 Å². The summed E-state index contributed by atoms with van der Waals surface area (Å²) in [6.45, 7) is -2.68. The molecule has 6 heteroatoms. The molecular formula is C30H20FN2OPS. The van der Waals surface area contributed by atoms with Gasteiger partial charge in [-0.3, -0.25) is 4.79 Å². The van der Waals surface area contributed by atoms with Crippen molar-refractivity contribution < 1.29 is 9.18 Å². The zero-order valence-corrected chi connectivity index (χ0v) is 20.8. The normalized spacial score (nSPS) is 14.4. The highest BCUT2D eigenvalue weighted by Crippen LogP contribution is 2.48. The van der Waals surface area contributed by atoms with E-state index in [9.17, 15) is 14.4 Å². The fourth-order valence-electron chi connectivity index (χ4n) is 4.28. The van der Waals surface area contributed by atoms with Gasteiger partial charge in [0.25, 0.3) is 5.91 Å². The Hall–Kier alpha value is -3.97. The molecule has 0 unspecified atom stereocenters. The number of carbonyl (C=O) groups excluding carboxylic acids is 1. The summed E-state index contributed by atoms with van der Waals surface area (Å²) in [7, 11) is 0. The summed E-state index contributed by atoms with van der Waals surface area (Å²) in [5, 5.41) is 14.6. The average Bonchev–Trinajstić information content (AvgIpc) is 3.29. The van der Waals surface area contributed by atoms with Gasteiger partial charge in [0.15, 0.2) is 0 Å². The van der Waals surface area contributed by atoms with Crippen molar-refractivity contribution in [3.05, 3.63) is 132 Å². The minimum atomic E-state index is -2.68. The smallest absolute Gasteiger partial charge is 0.266 e. The Balaban J connectivity index is 1.79. The molecule has 0 atom stereocenters. The molecule has 4 aromatic rings. The highest BCUT2D eigenvalue weighted by atomic mass is 32.2. The minimum absolute atomic E-state index is 0.345. The zero-order chi connectivity index (χ0) is 25.0. The molecule has 0 spiro atoms.